The highest BCUT2D eigenvalue weighted by atomic mass is 35.5. The van der Waals surface area contributed by atoms with Crippen molar-refractivity contribution in [3.8, 4) is 0 Å². The van der Waals surface area contributed by atoms with Gasteiger partial charge in [0.2, 0.25) is 11.8 Å². The molecule has 174 valence electrons. The van der Waals surface area contributed by atoms with E-state index in [4.69, 9.17) is 23.2 Å². The molecule has 0 aliphatic carbocycles. The first-order valence-electron chi connectivity index (χ1n) is 10.7. The summed E-state index contributed by atoms with van der Waals surface area (Å²) in [4.78, 5) is 28.0. The fourth-order valence-corrected chi connectivity index (χ4v) is 4.53. The van der Waals surface area contributed by atoms with Crippen molar-refractivity contribution in [3.63, 3.8) is 0 Å². The van der Waals surface area contributed by atoms with Gasteiger partial charge in [-0.2, -0.15) is 0 Å². The average molecular weight is 496 g/mol. The molecule has 0 aromatic heterocycles. The molecule has 0 saturated heterocycles. The molecule has 1 atom stereocenters. The lowest BCUT2D eigenvalue weighted by Gasteiger charge is -2.33. The Balaban J connectivity index is 2.16. The zero-order valence-electron chi connectivity index (χ0n) is 19.4. The van der Waals surface area contributed by atoms with Crippen LogP contribution in [0.2, 0.25) is 10.0 Å². The molecular formula is C25H32Cl2N2O2S. The van der Waals surface area contributed by atoms with Gasteiger partial charge in [-0.3, -0.25) is 9.59 Å². The van der Waals surface area contributed by atoms with Crippen molar-refractivity contribution in [3.05, 3.63) is 69.2 Å². The van der Waals surface area contributed by atoms with E-state index in [1.54, 1.807) is 11.0 Å². The minimum Gasteiger partial charge on any atom is -0.350 e. The molecule has 0 aliphatic rings. The molecule has 0 fully saturated rings. The molecule has 32 heavy (non-hydrogen) atoms. The molecule has 2 amide bonds. The maximum Gasteiger partial charge on any atom is 0.243 e. The van der Waals surface area contributed by atoms with Gasteiger partial charge >= 0.3 is 0 Å². The Bertz CT molecular complexity index is 944. The van der Waals surface area contributed by atoms with Gasteiger partial charge in [0.1, 0.15) is 6.04 Å². The van der Waals surface area contributed by atoms with Crippen molar-refractivity contribution in [1.82, 2.24) is 10.2 Å². The van der Waals surface area contributed by atoms with Crippen LogP contribution in [0, 0.1) is 6.92 Å². The van der Waals surface area contributed by atoms with Crippen LogP contribution in [0.25, 0.3) is 0 Å². The molecule has 0 unspecified atom stereocenters. The van der Waals surface area contributed by atoms with Crippen molar-refractivity contribution >= 4 is 46.8 Å². The number of hydrogen-bond acceptors (Lipinski definition) is 3. The summed E-state index contributed by atoms with van der Waals surface area (Å²) in [6.45, 7) is 10.2. The standard InChI is InChI=1S/C25H32Cl2N2O2S/c1-6-22(24(31)28-25(3,4)5)29(14-18-9-7-8-17(2)12-18)23(30)16-32-15-19-10-11-20(26)21(27)13-19/h7-13,22H,6,14-16H2,1-5H3,(H,28,31)/t22-/m1/s1. The summed E-state index contributed by atoms with van der Waals surface area (Å²) in [5.41, 5.74) is 2.76. The van der Waals surface area contributed by atoms with Crippen LogP contribution in [-0.4, -0.2) is 34.0 Å². The number of thioether (sulfide) groups is 1. The molecule has 0 spiro atoms. The van der Waals surface area contributed by atoms with Crippen LogP contribution in [0.1, 0.15) is 50.8 Å². The quantitative estimate of drug-likeness (QED) is 0.447. The molecule has 0 heterocycles. The van der Waals surface area contributed by atoms with E-state index in [9.17, 15) is 9.59 Å². The predicted octanol–water partition coefficient (Wildman–Crippen LogP) is 6.26. The van der Waals surface area contributed by atoms with Crippen LogP contribution >= 0.6 is 35.0 Å². The monoisotopic (exact) mass is 494 g/mol. The molecule has 0 bridgehead atoms. The topological polar surface area (TPSA) is 49.4 Å². The van der Waals surface area contributed by atoms with Gasteiger partial charge in [-0.05, 0) is 57.4 Å². The third-order valence-corrected chi connectivity index (χ3v) is 6.53. The number of amides is 2. The lowest BCUT2D eigenvalue weighted by atomic mass is 10.1. The minimum atomic E-state index is -0.534. The summed E-state index contributed by atoms with van der Waals surface area (Å²) in [5.74, 6) is 0.708. The Kier molecular flexibility index (Phi) is 9.93. The van der Waals surface area contributed by atoms with Gasteiger partial charge in [-0.15, -0.1) is 11.8 Å². The van der Waals surface area contributed by atoms with E-state index in [1.807, 2.05) is 65.0 Å². The van der Waals surface area contributed by atoms with Gasteiger partial charge in [-0.25, -0.2) is 0 Å². The maximum absolute atomic E-state index is 13.3. The van der Waals surface area contributed by atoms with E-state index < -0.39 is 6.04 Å². The van der Waals surface area contributed by atoms with Crippen LogP contribution < -0.4 is 5.32 Å². The van der Waals surface area contributed by atoms with Crippen molar-refractivity contribution in [2.45, 2.75) is 64.9 Å². The van der Waals surface area contributed by atoms with Crippen LogP contribution in [0.15, 0.2) is 42.5 Å². The number of halogens is 2. The number of nitrogens with one attached hydrogen (secondary N) is 1. The number of benzene rings is 2. The van der Waals surface area contributed by atoms with Gasteiger partial charge in [0.25, 0.3) is 0 Å². The highest BCUT2D eigenvalue weighted by Crippen LogP contribution is 2.25. The van der Waals surface area contributed by atoms with Crippen LogP contribution in [0.5, 0.6) is 0 Å². The van der Waals surface area contributed by atoms with Crippen LogP contribution in [-0.2, 0) is 21.9 Å². The second-order valence-corrected chi connectivity index (χ2v) is 10.7. The predicted molar refractivity (Wildman–Crippen MR) is 136 cm³/mol. The third kappa shape index (κ3) is 8.34. The molecule has 1 N–H and O–H groups in total. The first-order chi connectivity index (χ1) is 15.0. The summed E-state index contributed by atoms with van der Waals surface area (Å²) < 4.78 is 0. The first kappa shape index (κ1) is 26.6. The largest absolute Gasteiger partial charge is 0.350 e. The summed E-state index contributed by atoms with van der Waals surface area (Å²) in [7, 11) is 0. The van der Waals surface area contributed by atoms with E-state index in [0.29, 0.717) is 28.8 Å². The van der Waals surface area contributed by atoms with E-state index >= 15 is 0 Å². The van der Waals surface area contributed by atoms with Gasteiger partial charge in [0.05, 0.1) is 15.8 Å². The lowest BCUT2D eigenvalue weighted by molar-refractivity contribution is -0.140. The average Bonchev–Trinajstić information content (AvgIpc) is 2.69. The number of nitrogens with zero attached hydrogens (tertiary/aromatic N) is 1. The number of hydrogen-bond donors (Lipinski definition) is 1. The second-order valence-electron chi connectivity index (χ2n) is 8.92. The van der Waals surface area contributed by atoms with Crippen molar-refractivity contribution in [2.75, 3.05) is 5.75 Å². The second kappa shape index (κ2) is 12.0. The van der Waals surface area contributed by atoms with Crippen LogP contribution in [0.3, 0.4) is 0 Å². The molecular weight excluding hydrogens is 463 g/mol. The van der Waals surface area contributed by atoms with E-state index in [2.05, 4.69) is 11.4 Å². The normalized spacial score (nSPS) is 12.3. The number of carbonyl (C=O) groups is 2. The third-order valence-electron chi connectivity index (χ3n) is 4.80. The minimum absolute atomic E-state index is 0.0625. The molecule has 2 aromatic rings. The number of carbonyl (C=O) groups excluding carboxylic acids is 2. The SMILES string of the molecule is CC[C@H](C(=O)NC(C)(C)C)N(Cc1cccc(C)c1)C(=O)CSCc1ccc(Cl)c(Cl)c1. The highest BCUT2D eigenvalue weighted by Gasteiger charge is 2.30. The molecule has 4 nitrogen and oxygen atoms in total. The molecule has 2 aromatic carbocycles. The first-order valence-corrected chi connectivity index (χ1v) is 12.6. The zero-order chi connectivity index (χ0) is 23.9. The number of aryl methyl sites for hydroxylation is 1. The van der Waals surface area contributed by atoms with E-state index in [1.165, 1.54) is 11.8 Å². The smallest absolute Gasteiger partial charge is 0.243 e. The van der Waals surface area contributed by atoms with E-state index in [0.717, 1.165) is 16.7 Å². The molecule has 0 saturated carbocycles. The maximum atomic E-state index is 13.3. The Hall–Kier alpha value is -1.69. The molecule has 7 heteroatoms. The summed E-state index contributed by atoms with van der Waals surface area (Å²) >= 11 is 13.6. The summed E-state index contributed by atoms with van der Waals surface area (Å²) in [6, 6.07) is 13.0. The Labute approximate surface area is 206 Å². The highest BCUT2D eigenvalue weighted by molar-refractivity contribution is 7.99. The van der Waals surface area contributed by atoms with Gasteiger partial charge in [0.15, 0.2) is 0 Å². The molecule has 0 aliphatic heterocycles. The van der Waals surface area contributed by atoms with E-state index in [-0.39, 0.29) is 23.1 Å². The lowest BCUT2D eigenvalue weighted by Crippen LogP contribution is -2.53. The summed E-state index contributed by atoms with van der Waals surface area (Å²) in [6.07, 6.45) is 0.539. The number of rotatable bonds is 9. The van der Waals surface area contributed by atoms with Crippen molar-refractivity contribution < 1.29 is 9.59 Å². The zero-order valence-corrected chi connectivity index (χ0v) is 21.7. The Morgan fingerprint density at radius 3 is 2.38 bits per heavy atom. The molecule has 2 rings (SSSR count). The fraction of sp³-hybridized carbons (Fsp3) is 0.440. The van der Waals surface area contributed by atoms with Crippen LogP contribution in [0.4, 0.5) is 0 Å². The van der Waals surface area contributed by atoms with Crippen molar-refractivity contribution in [1.29, 1.82) is 0 Å². The van der Waals surface area contributed by atoms with Gasteiger partial charge in [0, 0.05) is 17.8 Å². The van der Waals surface area contributed by atoms with Crippen molar-refractivity contribution in [2.24, 2.45) is 0 Å². The fourth-order valence-electron chi connectivity index (χ4n) is 3.35. The Morgan fingerprint density at radius 2 is 1.78 bits per heavy atom. The Morgan fingerprint density at radius 1 is 1.06 bits per heavy atom. The van der Waals surface area contributed by atoms with Gasteiger partial charge < -0.3 is 10.2 Å². The molecule has 0 radical (unpaired) electrons. The van der Waals surface area contributed by atoms with Gasteiger partial charge in [-0.1, -0.05) is 66.0 Å². The summed E-state index contributed by atoms with van der Waals surface area (Å²) in [5, 5.41) is 4.04.